The van der Waals surface area contributed by atoms with Crippen LogP contribution >= 0.6 is 0 Å². The summed E-state index contributed by atoms with van der Waals surface area (Å²) < 4.78 is 33.6. The zero-order valence-electron chi connectivity index (χ0n) is 14.0. The number of hydrogen-bond acceptors (Lipinski definition) is 5. The first-order chi connectivity index (χ1) is 11.8. The molecule has 25 heavy (non-hydrogen) atoms. The van der Waals surface area contributed by atoms with E-state index in [2.05, 4.69) is 6.58 Å². The van der Waals surface area contributed by atoms with Gasteiger partial charge < -0.3 is 4.74 Å². The summed E-state index contributed by atoms with van der Waals surface area (Å²) in [6.45, 7) is 5.75. The molecule has 0 amide bonds. The minimum absolute atomic E-state index is 0.322. The monoisotopic (exact) mass is 361 g/mol. The quantitative estimate of drug-likeness (QED) is 0.707. The number of aryl methyl sites for hydroxylation is 1. The number of hydrogen-bond donors (Lipinski definition) is 0. The molecular formula is C18H19NO5S. The van der Waals surface area contributed by atoms with E-state index < -0.39 is 15.7 Å². The molecule has 0 radical (unpaired) electrons. The van der Waals surface area contributed by atoms with Crippen LogP contribution < -0.4 is 14.6 Å². The van der Waals surface area contributed by atoms with Gasteiger partial charge in [-0.05, 0) is 42.3 Å². The lowest BCUT2D eigenvalue weighted by Gasteiger charge is -2.09. The molecule has 1 aromatic heterocycles. The number of rotatable bonds is 7. The van der Waals surface area contributed by atoms with Crippen LogP contribution in [0.25, 0.3) is 12.2 Å². The maximum absolute atomic E-state index is 12.0. The number of pyridine rings is 1. The van der Waals surface area contributed by atoms with Gasteiger partial charge in [-0.1, -0.05) is 30.9 Å². The van der Waals surface area contributed by atoms with Crippen molar-refractivity contribution in [2.75, 3.05) is 12.9 Å². The fourth-order valence-electron chi connectivity index (χ4n) is 2.06. The molecule has 0 aliphatic heterocycles. The first kappa shape index (κ1) is 18.5. The highest BCUT2D eigenvalue weighted by atomic mass is 32.2. The molecule has 0 unspecified atom stereocenters. The van der Waals surface area contributed by atoms with E-state index in [0.717, 1.165) is 16.5 Å². The Morgan fingerprint density at radius 1 is 1.16 bits per heavy atom. The predicted octanol–water partition coefficient (Wildman–Crippen LogP) is 2.28. The van der Waals surface area contributed by atoms with Gasteiger partial charge in [0.2, 0.25) is 0 Å². The Hall–Kier alpha value is -2.80. The third-order valence-electron chi connectivity index (χ3n) is 3.07. The summed E-state index contributed by atoms with van der Waals surface area (Å²) in [6.07, 6.45) is 5.90. The second-order valence-electron chi connectivity index (χ2n) is 5.37. The van der Waals surface area contributed by atoms with Gasteiger partial charge in [0.1, 0.15) is 12.4 Å². The van der Waals surface area contributed by atoms with Crippen molar-refractivity contribution >= 4 is 22.3 Å². The second kappa shape index (κ2) is 7.85. The number of aromatic nitrogens is 1. The fraction of sp³-hybridized carbons (Fsp3) is 0.167. The van der Waals surface area contributed by atoms with Gasteiger partial charge in [0, 0.05) is 6.07 Å². The highest BCUT2D eigenvalue weighted by molar-refractivity contribution is 7.86. The number of nitrogens with zero attached hydrogens (tertiary/aromatic N) is 1. The molecule has 0 atom stereocenters. The second-order valence-corrected chi connectivity index (χ2v) is 6.93. The highest BCUT2D eigenvalue weighted by Crippen LogP contribution is 2.14. The van der Waals surface area contributed by atoms with Crippen LogP contribution in [0.3, 0.4) is 0 Å². The van der Waals surface area contributed by atoms with Gasteiger partial charge in [-0.15, -0.1) is 4.73 Å². The first-order valence-corrected chi connectivity index (χ1v) is 9.25. The van der Waals surface area contributed by atoms with Crippen molar-refractivity contribution in [2.24, 2.45) is 0 Å². The molecule has 0 aliphatic carbocycles. The topological polar surface area (TPSA) is 74.6 Å². The summed E-state index contributed by atoms with van der Waals surface area (Å²) in [4.78, 5) is 12.0. The molecule has 2 rings (SSSR count). The van der Waals surface area contributed by atoms with E-state index in [1.54, 1.807) is 43.4 Å². The Bertz CT molecular complexity index is 940. The third kappa shape index (κ3) is 5.65. The Morgan fingerprint density at radius 2 is 1.84 bits per heavy atom. The third-order valence-corrected chi connectivity index (χ3v) is 3.49. The molecule has 0 fully saturated rings. The van der Waals surface area contributed by atoms with Gasteiger partial charge in [-0.3, -0.25) is 9.08 Å². The summed E-state index contributed by atoms with van der Waals surface area (Å²) in [5.74, 6) is 0.713. The lowest BCUT2D eigenvalue weighted by Crippen LogP contribution is -2.31. The standard InChI is InChI=1S/C18H19NO5S/c1-4-11-23-17-9-6-15(7-10-17)5-8-16-12-14(2)13-18(20)19(16)24-25(3,21)22/h4-10,12-13H,1,11H2,2-3H3/b8-5+. The molecule has 6 nitrogen and oxygen atoms in total. The molecule has 1 heterocycles. The summed E-state index contributed by atoms with van der Waals surface area (Å²) in [7, 11) is -3.83. The molecule has 0 spiro atoms. The van der Waals surface area contributed by atoms with Crippen molar-refractivity contribution in [2.45, 2.75) is 6.92 Å². The molecule has 2 aromatic rings. The van der Waals surface area contributed by atoms with E-state index in [4.69, 9.17) is 9.02 Å². The minimum atomic E-state index is -3.83. The lowest BCUT2D eigenvalue weighted by atomic mass is 10.1. The van der Waals surface area contributed by atoms with Gasteiger partial charge in [0.15, 0.2) is 0 Å². The number of ether oxygens (including phenoxy) is 1. The molecule has 132 valence electrons. The van der Waals surface area contributed by atoms with Crippen LogP contribution in [0.4, 0.5) is 0 Å². The van der Waals surface area contributed by atoms with E-state index in [9.17, 15) is 13.2 Å². The minimum Gasteiger partial charge on any atom is -0.490 e. The molecule has 0 aliphatic rings. The van der Waals surface area contributed by atoms with Crippen LogP contribution in [0.5, 0.6) is 5.75 Å². The van der Waals surface area contributed by atoms with Crippen LogP contribution in [-0.2, 0) is 10.1 Å². The lowest BCUT2D eigenvalue weighted by molar-refractivity contribution is 0.267. The van der Waals surface area contributed by atoms with E-state index in [1.165, 1.54) is 6.07 Å². The van der Waals surface area contributed by atoms with Crippen molar-refractivity contribution in [1.82, 2.24) is 4.73 Å². The zero-order valence-corrected chi connectivity index (χ0v) is 14.8. The Kier molecular flexibility index (Phi) is 5.82. The first-order valence-electron chi connectivity index (χ1n) is 7.44. The average Bonchev–Trinajstić information content (AvgIpc) is 2.53. The van der Waals surface area contributed by atoms with Gasteiger partial charge >= 0.3 is 10.1 Å². The van der Waals surface area contributed by atoms with Crippen molar-refractivity contribution in [3.05, 3.63) is 76.2 Å². The van der Waals surface area contributed by atoms with Crippen molar-refractivity contribution < 1.29 is 17.4 Å². The van der Waals surface area contributed by atoms with Crippen LogP contribution in [0.1, 0.15) is 16.8 Å². The molecule has 7 heteroatoms. The smallest absolute Gasteiger partial charge is 0.324 e. The zero-order chi connectivity index (χ0) is 18.4. The maximum atomic E-state index is 12.0. The van der Waals surface area contributed by atoms with Crippen LogP contribution in [0.15, 0.2) is 53.8 Å². The van der Waals surface area contributed by atoms with Crippen molar-refractivity contribution in [1.29, 1.82) is 0 Å². The largest absolute Gasteiger partial charge is 0.490 e. The molecule has 0 saturated carbocycles. The average molecular weight is 361 g/mol. The Balaban J connectivity index is 2.31. The van der Waals surface area contributed by atoms with Crippen LogP contribution in [-0.4, -0.2) is 26.0 Å². The molecule has 0 bridgehead atoms. The maximum Gasteiger partial charge on any atom is 0.324 e. The fourth-order valence-corrected chi connectivity index (χ4v) is 2.49. The number of benzene rings is 1. The normalized spacial score (nSPS) is 11.4. The Labute approximate surface area is 146 Å². The van der Waals surface area contributed by atoms with Gasteiger partial charge in [0.05, 0.1) is 11.9 Å². The summed E-state index contributed by atoms with van der Waals surface area (Å²) >= 11 is 0. The van der Waals surface area contributed by atoms with E-state index in [0.29, 0.717) is 23.6 Å². The van der Waals surface area contributed by atoms with Gasteiger partial charge in [-0.2, -0.15) is 8.42 Å². The summed E-state index contributed by atoms with van der Waals surface area (Å²) in [5.41, 5.74) is 1.32. The summed E-state index contributed by atoms with van der Waals surface area (Å²) in [6, 6.07) is 10.2. The van der Waals surface area contributed by atoms with Gasteiger partial charge in [0.25, 0.3) is 5.56 Å². The summed E-state index contributed by atoms with van der Waals surface area (Å²) in [5, 5.41) is 0. The molecule has 0 N–H and O–H groups in total. The molecular weight excluding hydrogens is 342 g/mol. The van der Waals surface area contributed by atoms with Crippen LogP contribution in [0, 0.1) is 6.92 Å². The SMILES string of the molecule is C=CCOc1ccc(/C=C/c2cc(C)cc(=O)n2OS(C)(=O)=O)cc1. The van der Waals surface area contributed by atoms with E-state index in [-0.39, 0.29) is 0 Å². The van der Waals surface area contributed by atoms with E-state index in [1.807, 2.05) is 12.1 Å². The van der Waals surface area contributed by atoms with Crippen molar-refractivity contribution in [3.63, 3.8) is 0 Å². The molecule has 0 saturated heterocycles. The highest BCUT2D eigenvalue weighted by Gasteiger charge is 2.10. The van der Waals surface area contributed by atoms with E-state index >= 15 is 0 Å². The van der Waals surface area contributed by atoms with Crippen LogP contribution in [0.2, 0.25) is 0 Å². The predicted molar refractivity (Wildman–Crippen MR) is 97.9 cm³/mol. The molecule has 1 aromatic carbocycles. The Morgan fingerprint density at radius 3 is 2.44 bits per heavy atom. The van der Waals surface area contributed by atoms with Gasteiger partial charge in [-0.25, -0.2) is 0 Å². The van der Waals surface area contributed by atoms with Crippen molar-refractivity contribution in [3.8, 4) is 5.75 Å².